The zero-order chi connectivity index (χ0) is 20.7. The van der Waals surface area contributed by atoms with E-state index >= 15 is 0 Å². The van der Waals surface area contributed by atoms with Gasteiger partial charge >= 0.3 is 0 Å². The molecular formula is C24H23FN4S. The van der Waals surface area contributed by atoms with Gasteiger partial charge in [0.05, 0.1) is 11.4 Å². The largest absolute Gasteiger partial charge is 0.386 e. The van der Waals surface area contributed by atoms with Crippen molar-refractivity contribution < 1.29 is 4.39 Å². The van der Waals surface area contributed by atoms with Gasteiger partial charge in [-0.1, -0.05) is 13.0 Å². The minimum Gasteiger partial charge on any atom is -0.386 e. The number of anilines is 2. The summed E-state index contributed by atoms with van der Waals surface area (Å²) in [5.74, 6) is 1.51. The number of benzene rings is 1. The molecule has 1 aromatic carbocycles. The lowest BCUT2D eigenvalue weighted by Gasteiger charge is -2.16. The smallest absolute Gasteiger partial charge is 0.146 e. The van der Waals surface area contributed by atoms with Crippen LogP contribution < -0.4 is 10.2 Å². The van der Waals surface area contributed by atoms with E-state index in [1.54, 1.807) is 30.5 Å². The molecule has 0 aliphatic carbocycles. The lowest BCUT2D eigenvalue weighted by Crippen LogP contribution is -2.19. The predicted octanol–water partition coefficient (Wildman–Crippen LogP) is 6.05. The van der Waals surface area contributed by atoms with E-state index in [-0.39, 0.29) is 5.82 Å². The fourth-order valence-corrected chi connectivity index (χ4v) is 4.99. The van der Waals surface area contributed by atoms with Crippen molar-refractivity contribution in [1.82, 2.24) is 9.97 Å². The first-order chi connectivity index (χ1) is 14.6. The highest BCUT2D eigenvalue weighted by Gasteiger charge is 2.19. The Morgan fingerprint density at radius 1 is 1.10 bits per heavy atom. The van der Waals surface area contributed by atoms with Gasteiger partial charge in [0.15, 0.2) is 0 Å². The summed E-state index contributed by atoms with van der Waals surface area (Å²) in [5, 5.41) is 3.92. The Morgan fingerprint density at radius 3 is 2.67 bits per heavy atom. The van der Waals surface area contributed by atoms with Gasteiger partial charge in [-0.05, 0) is 60.4 Å². The van der Waals surface area contributed by atoms with Crippen LogP contribution in [0.4, 0.5) is 15.9 Å². The summed E-state index contributed by atoms with van der Waals surface area (Å²) in [6.07, 6.45) is 3.14. The Balaban J connectivity index is 1.43. The fraction of sp³-hybridized carbons (Fsp3) is 0.250. The number of hydrogen-bond donors (Lipinski definition) is 1. The number of rotatable bonds is 4. The molecule has 0 saturated carbocycles. The maximum Gasteiger partial charge on any atom is 0.146 e. The highest BCUT2D eigenvalue weighted by Crippen LogP contribution is 2.35. The lowest BCUT2D eigenvalue weighted by atomic mass is 10.1. The highest BCUT2D eigenvalue weighted by atomic mass is 32.1. The van der Waals surface area contributed by atoms with Crippen LogP contribution in [0.2, 0.25) is 0 Å². The second-order valence-electron chi connectivity index (χ2n) is 7.89. The standard InChI is InChI=1S/C24H23FN4S/c1-15-9-10-29(14-15)23-8-5-18(13-27-23)20-6-4-17-12-22(30-24(17)28-20)16-3-7-21(26-2)19(25)11-16/h3-8,11-13,15,26H,9-10,14H2,1-2H3. The Morgan fingerprint density at radius 2 is 1.97 bits per heavy atom. The van der Waals surface area contributed by atoms with E-state index in [1.165, 1.54) is 6.42 Å². The molecule has 0 radical (unpaired) electrons. The first-order valence-electron chi connectivity index (χ1n) is 10.2. The molecule has 1 saturated heterocycles. The van der Waals surface area contributed by atoms with Gasteiger partial charge in [-0.25, -0.2) is 14.4 Å². The van der Waals surface area contributed by atoms with Crippen molar-refractivity contribution in [2.45, 2.75) is 13.3 Å². The van der Waals surface area contributed by atoms with Crippen LogP contribution in [0.1, 0.15) is 13.3 Å². The Hall–Kier alpha value is -2.99. The van der Waals surface area contributed by atoms with Crippen molar-refractivity contribution >= 4 is 33.1 Å². The molecule has 0 bridgehead atoms. The SMILES string of the molecule is CNc1ccc(-c2cc3ccc(-c4ccc(N5CCC(C)C5)nc4)nc3s2)cc1F. The summed E-state index contributed by atoms with van der Waals surface area (Å²) < 4.78 is 14.2. The third kappa shape index (κ3) is 3.52. The summed E-state index contributed by atoms with van der Waals surface area (Å²) in [7, 11) is 1.72. The summed E-state index contributed by atoms with van der Waals surface area (Å²) in [5.41, 5.74) is 3.27. The molecule has 4 nitrogen and oxygen atoms in total. The first kappa shape index (κ1) is 19.0. The number of pyridine rings is 2. The molecule has 3 aromatic heterocycles. The second-order valence-corrected chi connectivity index (χ2v) is 8.92. The number of thiophene rings is 1. The Labute approximate surface area is 179 Å². The van der Waals surface area contributed by atoms with Gasteiger partial charge in [0, 0.05) is 42.2 Å². The molecule has 0 spiro atoms. The Bertz CT molecular complexity index is 1200. The molecule has 4 aromatic rings. The normalized spacial score (nSPS) is 16.4. The third-order valence-electron chi connectivity index (χ3n) is 5.70. The Kier molecular flexibility index (Phi) is 4.87. The van der Waals surface area contributed by atoms with Crippen molar-refractivity contribution in [3.05, 3.63) is 60.5 Å². The van der Waals surface area contributed by atoms with Crippen LogP contribution in [0.5, 0.6) is 0 Å². The van der Waals surface area contributed by atoms with Crippen LogP contribution in [0, 0.1) is 11.7 Å². The molecular weight excluding hydrogens is 395 g/mol. The van der Waals surface area contributed by atoms with Crippen LogP contribution in [0.25, 0.3) is 31.9 Å². The molecule has 1 atom stereocenters. The van der Waals surface area contributed by atoms with Gasteiger partial charge in [-0.15, -0.1) is 11.3 Å². The molecule has 1 fully saturated rings. The van der Waals surface area contributed by atoms with E-state index in [2.05, 4.69) is 46.4 Å². The molecule has 1 N–H and O–H groups in total. The van der Waals surface area contributed by atoms with Crippen LogP contribution in [0.15, 0.2) is 54.7 Å². The van der Waals surface area contributed by atoms with Gasteiger partial charge in [-0.3, -0.25) is 0 Å². The second kappa shape index (κ2) is 7.69. The molecule has 1 unspecified atom stereocenters. The third-order valence-corrected chi connectivity index (χ3v) is 6.79. The number of fused-ring (bicyclic) bond motifs is 1. The van der Waals surface area contributed by atoms with Crippen LogP contribution in [-0.2, 0) is 0 Å². The van der Waals surface area contributed by atoms with Gasteiger partial charge in [0.2, 0.25) is 0 Å². The summed E-state index contributed by atoms with van der Waals surface area (Å²) in [4.78, 5) is 13.8. The zero-order valence-corrected chi connectivity index (χ0v) is 17.8. The van der Waals surface area contributed by atoms with Gasteiger partial charge < -0.3 is 10.2 Å². The molecule has 0 amide bonds. The van der Waals surface area contributed by atoms with E-state index in [0.29, 0.717) is 5.69 Å². The van der Waals surface area contributed by atoms with Gasteiger partial charge in [0.1, 0.15) is 16.5 Å². The molecule has 1 aliphatic heterocycles. The molecule has 5 rings (SSSR count). The number of nitrogens with zero attached hydrogens (tertiary/aromatic N) is 3. The summed E-state index contributed by atoms with van der Waals surface area (Å²) in [6, 6.07) is 15.6. The molecule has 1 aliphatic rings. The number of aromatic nitrogens is 2. The summed E-state index contributed by atoms with van der Waals surface area (Å²) >= 11 is 1.58. The number of halogens is 1. The van der Waals surface area contributed by atoms with Crippen molar-refractivity contribution in [2.75, 3.05) is 30.4 Å². The van der Waals surface area contributed by atoms with Gasteiger partial charge in [0.25, 0.3) is 0 Å². The summed E-state index contributed by atoms with van der Waals surface area (Å²) in [6.45, 7) is 4.43. The van der Waals surface area contributed by atoms with E-state index < -0.39 is 0 Å². The lowest BCUT2D eigenvalue weighted by molar-refractivity contribution is 0.632. The highest BCUT2D eigenvalue weighted by molar-refractivity contribution is 7.21. The van der Waals surface area contributed by atoms with Crippen LogP contribution in [-0.4, -0.2) is 30.1 Å². The fourth-order valence-electron chi connectivity index (χ4n) is 3.96. The van der Waals surface area contributed by atoms with E-state index in [0.717, 1.165) is 56.7 Å². The van der Waals surface area contributed by atoms with E-state index in [9.17, 15) is 4.39 Å². The average molecular weight is 419 g/mol. The predicted molar refractivity (Wildman–Crippen MR) is 124 cm³/mol. The molecule has 152 valence electrons. The van der Waals surface area contributed by atoms with E-state index in [4.69, 9.17) is 4.98 Å². The van der Waals surface area contributed by atoms with Crippen LogP contribution >= 0.6 is 11.3 Å². The number of nitrogens with one attached hydrogen (secondary N) is 1. The van der Waals surface area contributed by atoms with Crippen molar-refractivity contribution in [3.8, 4) is 21.7 Å². The molecule has 30 heavy (non-hydrogen) atoms. The van der Waals surface area contributed by atoms with Crippen molar-refractivity contribution in [3.63, 3.8) is 0 Å². The van der Waals surface area contributed by atoms with E-state index in [1.807, 2.05) is 18.3 Å². The minimum absolute atomic E-state index is 0.250. The molecule has 4 heterocycles. The maximum absolute atomic E-state index is 14.2. The monoisotopic (exact) mass is 418 g/mol. The molecule has 6 heteroatoms. The maximum atomic E-state index is 14.2. The average Bonchev–Trinajstić information content (AvgIpc) is 3.39. The zero-order valence-electron chi connectivity index (χ0n) is 17.0. The minimum atomic E-state index is -0.250. The van der Waals surface area contributed by atoms with Crippen LogP contribution in [0.3, 0.4) is 0 Å². The van der Waals surface area contributed by atoms with Crippen molar-refractivity contribution in [1.29, 1.82) is 0 Å². The first-order valence-corrected chi connectivity index (χ1v) is 11.0. The quantitative estimate of drug-likeness (QED) is 0.438. The number of hydrogen-bond acceptors (Lipinski definition) is 5. The topological polar surface area (TPSA) is 41.0 Å². The van der Waals surface area contributed by atoms with Crippen molar-refractivity contribution in [2.24, 2.45) is 5.92 Å². The van der Waals surface area contributed by atoms with Gasteiger partial charge in [-0.2, -0.15) is 0 Å².